The van der Waals surface area contributed by atoms with Crippen molar-refractivity contribution in [2.75, 3.05) is 52.8 Å². The number of carbonyl (C=O) groups excluding carboxylic acids is 2. The molecule has 0 unspecified atom stereocenters. The fourth-order valence-corrected chi connectivity index (χ4v) is 4.42. The molecule has 2 amide bonds. The predicted molar refractivity (Wildman–Crippen MR) is 133 cm³/mol. The molecule has 2 heterocycles. The SMILES string of the molecule is CC(=O)N[C@H]1[C@H](OCCOCCOCCC(=O)NC[C@H]2CC[C@@H](COP(O)(O)=S)O2)O[C@H](CO)[C@H](O)[C@@H]1O. The van der Waals surface area contributed by atoms with E-state index in [-0.39, 0.29) is 64.2 Å². The fraction of sp³-hybridized carbons (Fsp3) is 0.905. The highest BCUT2D eigenvalue weighted by Gasteiger charge is 2.45. The smallest absolute Gasteiger partial charge is 0.321 e. The van der Waals surface area contributed by atoms with E-state index in [0.717, 1.165) is 0 Å². The van der Waals surface area contributed by atoms with Crippen molar-refractivity contribution in [3.8, 4) is 0 Å². The molecule has 2 saturated heterocycles. The third-order valence-corrected chi connectivity index (χ3v) is 6.56. The number of carbonyl (C=O) groups is 2. The van der Waals surface area contributed by atoms with E-state index in [4.69, 9.17) is 38.0 Å². The van der Waals surface area contributed by atoms with Gasteiger partial charge in [-0.05, 0) is 24.6 Å². The highest BCUT2D eigenvalue weighted by Crippen LogP contribution is 2.37. The Morgan fingerprint density at radius 3 is 2.32 bits per heavy atom. The van der Waals surface area contributed by atoms with Crippen LogP contribution in [0.3, 0.4) is 0 Å². The molecule has 0 aromatic rings. The van der Waals surface area contributed by atoms with Gasteiger partial charge < -0.3 is 63.9 Å². The molecule has 15 nitrogen and oxygen atoms in total. The second-order valence-corrected chi connectivity index (χ2v) is 11.5. The van der Waals surface area contributed by atoms with Crippen LogP contribution in [0.5, 0.6) is 0 Å². The van der Waals surface area contributed by atoms with Gasteiger partial charge in [0.1, 0.15) is 24.4 Å². The first-order valence-electron chi connectivity index (χ1n) is 12.3. The molecule has 2 fully saturated rings. The summed E-state index contributed by atoms with van der Waals surface area (Å²) in [5, 5.41) is 34.8. The second kappa shape index (κ2) is 17.1. The first-order chi connectivity index (χ1) is 18.0. The molecular formula is C21H39N2O13PS. The normalized spacial score (nSPS) is 29.8. The number of aliphatic hydroxyl groups is 3. The minimum Gasteiger partial charge on any atom is -0.394 e. The monoisotopic (exact) mass is 590 g/mol. The van der Waals surface area contributed by atoms with E-state index in [1.165, 1.54) is 6.92 Å². The molecule has 7 N–H and O–H groups in total. The molecule has 0 radical (unpaired) electrons. The van der Waals surface area contributed by atoms with Crippen molar-refractivity contribution in [1.82, 2.24) is 10.6 Å². The summed E-state index contributed by atoms with van der Waals surface area (Å²) < 4.78 is 32.2. The number of ether oxygens (including phenoxy) is 5. The summed E-state index contributed by atoms with van der Waals surface area (Å²) in [4.78, 5) is 41.6. The Hall–Kier alpha value is -0.850. The zero-order valence-electron chi connectivity index (χ0n) is 21.2. The Kier molecular flexibility index (Phi) is 15.0. The van der Waals surface area contributed by atoms with Crippen LogP contribution in [-0.4, -0.2) is 133 Å². The number of hydrogen-bond acceptors (Lipinski definition) is 12. The highest BCUT2D eigenvalue weighted by molar-refractivity contribution is 8.06. The number of hydrogen-bond donors (Lipinski definition) is 7. The van der Waals surface area contributed by atoms with Crippen molar-refractivity contribution >= 4 is 30.3 Å². The summed E-state index contributed by atoms with van der Waals surface area (Å²) in [7, 11) is 0. The van der Waals surface area contributed by atoms with Crippen molar-refractivity contribution in [1.29, 1.82) is 0 Å². The molecule has 0 spiro atoms. The van der Waals surface area contributed by atoms with Gasteiger partial charge in [0.15, 0.2) is 6.29 Å². The summed E-state index contributed by atoms with van der Waals surface area (Å²) in [6, 6.07) is -1.02. The molecule has 2 aliphatic heterocycles. The molecule has 0 aliphatic carbocycles. The van der Waals surface area contributed by atoms with Crippen molar-refractivity contribution in [2.24, 2.45) is 0 Å². The number of rotatable bonds is 17. The van der Waals surface area contributed by atoms with Gasteiger partial charge >= 0.3 is 6.72 Å². The maximum atomic E-state index is 12.0. The van der Waals surface area contributed by atoms with Gasteiger partial charge in [-0.2, -0.15) is 0 Å². The predicted octanol–water partition coefficient (Wildman–Crippen LogP) is -2.74. The largest absolute Gasteiger partial charge is 0.394 e. The lowest BCUT2D eigenvalue weighted by Crippen LogP contribution is -2.64. The lowest BCUT2D eigenvalue weighted by molar-refractivity contribution is -0.272. The van der Waals surface area contributed by atoms with Gasteiger partial charge in [-0.15, -0.1) is 0 Å². The first kappa shape index (κ1) is 33.4. The van der Waals surface area contributed by atoms with Gasteiger partial charge in [-0.3, -0.25) is 9.59 Å². The Morgan fingerprint density at radius 2 is 1.66 bits per heavy atom. The van der Waals surface area contributed by atoms with Crippen molar-refractivity contribution in [3.63, 3.8) is 0 Å². The molecule has 0 bridgehead atoms. The molecule has 0 saturated carbocycles. The van der Waals surface area contributed by atoms with Crippen LogP contribution in [0.1, 0.15) is 26.2 Å². The highest BCUT2D eigenvalue weighted by atomic mass is 32.5. The van der Waals surface area contributed by atoms with E-state index >= 15 is 0 Å². The van der Waals surface area contributed by atoms with E-state index < -0.39 is 49.9 Å². The minimum absolute atomic E-state index is 0.000149. The van der Waals surface area contributed by atoms with Crippen molar-refractivity contribution in [2.45, 2.75) is 69.0 Å². The average Bonchev–Trinajstić information content (AvgIpc) is 3.31. The third-order valence-electron chi connectivity index (χ3n) is 5.76. The summed E-state index contributed by atoms with van der Waals surface area (Å²) >= 11 is 4.40. The molecular weight excluding hydrogens is 551 g/mol. The standard InChI is InChI=1S/C21H39N2O13PS/c1-13(25)23-18-20(28)19(27)16(11-24)36-21(18)33-9-8-32-7-6-31-5-4-17(26)22-10-14-2-3-15(35-14)12-34-37(29,30)38/h14-16,18-21,24,27-28H,2-12H2,1H3,(H,22,26)(H,23,25)(H2,29,30,38)/t14-,15+,16-,18-,19+,20-,21-/m1/s1. The minimum atomic E-state index is -3.70. The van der Waals surface area contributed by atoms with Crippen LogP contribution < -0.4 is 10.6 Å². The van der Waals surface area contributed by atoms with E-state index in [9.17, 15) is 24.9 Å². The Balaban J connectivity index is 1.49. The Morgan fingerprint density at radius 1 is 1.00 bits per heavy atom. The zero-order chi connectivity index (χ0) is 28.1. The van der Waals surface area contributed by atoms with Crippen LogP contribution in [-0.2, 0) is 49.6 Å². The fourth-order valence-electron chi connectivity index (χ4n) is 3.87. The molecule has 38 heavy (non-hydrogen) atoms. The van der Waals surface area contributed by atoms with Gasteiger partial charge in [-0.25, -0.2) is 0 Å². The van der Waals surface area contributed by atoms with E-state index in [2.05, 4.69) is 22.4 Å². The lowest BCUT2D eigenvalue weighted by atomic mass is 9.97. The number of nitrogens with one attached hydrogen (secondary N) is 2. The summed E-state index contributed by atoms with van der Waals surface area (Å²) in [5.41, 5.74) is 0. The van der Waals surface area contributed by atoms with Crippen LogP contribution in [0.2, 0.25) is 0 Å². The van der Waals surface area contributed by atoms with Gasteiger partial charge in [0.25, 0.3) is 0 Å². The van der Waals surface area contributed by atoms with Crippen LogP contribution in [0.15, 0.2) is 0 Å². The van der Waals surface area contributed by atoms with Crippen LogP contribution >= 0.6 is 6.72 Å². The lowest BCUT2D eigenvalue weighted by Gasteiger charge is -2.42. The topological polar surface area (TPSA) is 215 Å². The summed E-state index contributed by atoms with van der Waals surface area (Å²) in [6.45, 7) is -1.77. The molecule has 0 aromatic carbocycles. The van der Waals surface area contributed by atoms with Crippen LogP contribution in [0.25, 0.3) is 0 Å². The summed E-state index contributed by atoms with van der Waals surface area (Å²) in [6.07, 6.45) is -3.86. The number of aliphatic hydroxyl groups excluding tert-OH is 3. The van der Waals surface area contributed by atoms with E-state index in [1.807, 2.05) is 0 Å². The van der Waals surface area contributed by atoms with Gasteiger partial charge in [0, 0.05) is 19.9 Å². The molecule has 17 heteroatoms. The third kappa shape index (κ3) is 12.6. The quantitative estimate of drug-likeness (QED) is 0.0676. The second-order valence-electron chi connectivity index (χ2n) is 8.83. The molecule has 7 atom stereocenters. The van der Waals surface area contributed by atoms with E-state index in [0.29, 0.717) is 19.4 Å². The van der Waals surface area contributed by atoms with Crippen molar-refractivity contribution in [3.05, 3.63) is 0 Å². The van der Waals surface area contributed by atoms with E-state index in [1.54, 1.807) is 0 Å². The molecule has 222 valence electrons. The summed E-state index contributed by atoms with van der Waals surface area (Å²) in [5.74, 6) is -0.639. The molecule has 2 aliphatic rings. The van der Waals surface area contributed by atoms with Crippen LogP contribution in [0.4, 0.5) is 0 Å². The van der Waals surface area contributed by atoms with Crippen molar-refractivity contribution < 1.29 is 62.9 Å². The molecule has 0 aromatic heterocycles. The molecule has 2 rings (SSSR count). The van der Waals surface area contributed by atoms with Crippen LogP contribution in [0, 0.1) is 0 Å². The Bertz CT molecular complexity index is 775. The average molecular weight is 591 g/mol. The van der Waals surface area contributed by atoms with Gasteiger partial charge in [-0.1, -0.05) is 0 Å². The Labute approximate surface area is 225 Å². The maximum Gasteiger partial charge on any atom is 0.321 e. The zero-order valence-corrected chi connectivity index (χ0v) is 22.9. The first-order valence-corrected chi connectivity index (χ1v) is 14.9. The van der Waals surface area contributed by atoms with Gasteiger partial charge in [0.2, 0.25) is 11.8 Å². The number of amides is 2. The van der Waals surface area contributed by atoms with Gasteiger partial charge in [0.05, 0.1) is 58.5 Å². The maximum absolute atomic E-state index is 12.0.